The van der Waals surface area contributed by atoms with Crippen LogP contribution in [0.3, 0.4) is 0 Å². The molecule has 3 nitrogen and oxygen atoms in total. The van der Waals surface area contributed by atoms with E-state index in [2.05, 4.69) is 35.2 Å². The van der Waals surface area contributed by atoms with Crippen LogP contribution in [0, 0.1) is 17.3 Å². The Morgan fingerprint density at radius 3 is 2.35 bits per heavy atom. The van der Waals surface area contributed by atoms with E-state index in [1.54, 1.807) is 4.90 Å². The van der Waals surface area contributed by atoms with Crippen molar-refractivity contribution in [3.8, 4) is 0 Å². The van der Waals surface area contributed by atoms with Crippen molar-refractivity contribution in [3.05, 3.63) is 35.9 Å². The maximum atomic E-state index is 13.5. The molecule has 0 aromatic heterocycles. The van der Waals surface area contributed by atoms with Crippen molar-refractivity contribution >= 4 is 17.5 Å². The predicted octanol–water partition coefficient (Wildman–Crippen LogP) is 2.49. The van der Waals surface area contributed by atoms with Gasteiger partial charge in [0.05, 0.1) is 31.6 Å². The molecule has 5 aliphatic rings. The Bertz CT molecular complexity index is 669. The van der Waals surface area contributed by atoms with E-state index in [1.165, 1.54) is 12.0 Å². The van der Waals surface area contributed by atoms with E-state index in [0.717, 1.165) is 64.8 Å². The molecule has 1 amide bonds. The number of hydrogen-bond acceptors (Lipinski definition) is 1. The Kier molecular flexibility index (Phi) is 4.09. The number of nitrogens with one attached hydrogen (secondary N) is 1. The Hall–Kier alpha value is -1.06. The molecule has 4 atom stereocenters. The van der Waals surface area contributed by atoms with Gasteiger partial charge in [-0.1, -0.05) is 30.3 Å². The van der Waals surface area contributed by atoms with Crippen molar-refractivity contribution in [1.29, 1.82) is 0 Å². The fourth-order valence-corrected chi connectivity index (χ4v) is 7.52. The normalized spacial score (nSPS) is 39.3. The Morgan fingerprint density at radius 2 is 1.73 bits per heavy atom. The van der Waals surface area contributed by atoms with Gasteiger partial charge in [-0.3, -0.25) is 4.79 Å². The highest BCUT2D eigenvalue weighted by atomic mass is 35.5. The molecule has 26 heavy (non-hydrogen) atoms. The van der Waals surface area contributed by atoms with Gasteiger partial charge in [0.15, 0.2) is 0 Å². The molecule has 0 radical (unpaired) electrons. The number of nitrogens with zero attached hydrogens (tertiary/aromatic N) is 1. The van der Waals surface area contributed by atoms with Gasteiger partial charge in [0, 0.05) is 10.4 Å². The average Bonchev–Trinajstić information content (AvgIpc) is 2.60. The lowest BCUT2D eigenvalue weighted by molar-refractivity contribution is -0.917. The zero-order valence-electron chi connectivity index (χ0n) is 15.6. The molecule has 1 saturated heterocycles. The molecule has 1 aromatic carbocycles. The number of hydrogen-bond donors (Lipinski definition) is 1. The molecule has 2 unspecified atom stereocenters. The number of alkyl halides is 1. The van der Waals surface area contributed by atoms with Gasteiger partial charge in [-0.25, -0.2) is 0 Å². The van der Waals surface area contributed by atoms with Gasteiger partial charge >= 0.3 is 0 Å². The summed E-state index contributed by atoms with van der Waals surface area (Å²) in [7, 11) is 0. The topological polar surface area (TPSA) is 24.8 Å². The van der Waals surface area contributed by atoms with E-state index in [1.807, 2.05) is 0 Å². The second-order valence-electron chi connectivity index (χ2n) is 9.60. The molecule has 4 aliphatic carbocycles. The minimum absolute atomic E-state index is 0.0693. The molecule has 6 rings (SSSR count). The quantitative estimate of drug-likeness (QED) is 0.809. The molecule has 1 N–H and O–H groups in total. The molecule has 4 saturated carbocycles. The summed E-state index contributed by atoms with van der Waals surface area (Å²) in [5, 5.41) is 0. The Balaban J connectivity index is 1.24. The van der Waals surface area contributed by atoms with Gasteiger partial charge in [0.2, 0.25) is 5.91 Å². The summed E-state index contributed by atoms with van der Waals surface area (Å²) in [6.07, 6.45) is 6.76. The number of carbonyl (C=O) groups is 1. The number of halogens is 1. The molecular weight excluding hydrogens is 344 g/mol. The maximum Gasteiger partial charge on any atom is 0.229 e. The third-order valence-electron chi connectivity index (χ3n) is 7.50. The maximum absolute atomic E-state index is 13.5. The van der Waals surface area contributed by atoms with Gasteiger partial charge in [-0.05, 0) is 50.4 Å². The molecule has 1 aromatic rings. The summed E-state index contributed by atoms with van der Waals surface area (Å²) in [6, 6.07) is 10.7. The van der Waals surface area contributed by atoms with Crippen molar-refractivity contribution in [2.75, 3.05) is 26.2 Å². The number of quaternary nitrogens is 1. The third kappa shape index (κ3) is 2.97. The lowest BCUT2D eigenvalue weighted by Crippen LogP contribution is -3.13. The van der Waals surface area contributed by atoms with Gasteiger partial charge in [0.25, 0.3) is 0 Å². The number of piperazine rings is 1. The van der Waals surface area contributed by atoms with Crippen LogP contribution in [0.2, 0.25) is 0 Å². The van der Waals surface area contributed by atoms with Gasteiger partial charge in [-0.2, -0.15) is 0 Å². The molecule has 4 heteroatoms. The van der Waals surface area contributed by atoms with Gasteiger partial charge < -0.3 is 9.80 Å². The van der Waals surface area contributed by atoms with E-state index in [-0.39, 0.29) is 10.3 Å². The second kappa shape index (κ2) is 6.24. The first-order valence-corrected chi connectivity index (χ1v) is 10.8. The van der Waals surface area contributed by atoms with E-state index in [4.69, 9.17) is 11.6 Å². The van der Waals surface area contributed by atoms with Crippen LogP contribution < -0.4 is 4.90 Å². The number of amides is 1. The zero-order chi connectivity index (χ0) is 17.8. The molecular formula is C22H30ClN2O+. The second-order valence-corrected chi connectivity index (χ2v) is 10.4. The van der Waals surface area contributed by atoms with Gasteiger partial charge in [-0.15, -0.1) is 11.6 Å². The smallest absolute Gasteiger partial charge is 0.229 e. The van der Waals surface area contributed by atoms with Gasteiger partial charge in [0.1, 0.15) is 6.54 Å². The molecule has 1 aliphatic heterocycles. The van der Waals surface area contributed by atoms with E-state index in [9.17, 15) is 4.79 Å². The monoisotopic (exact) mass is 373 g/mol. The predicted molar refractivity (Wildman–Crippen MR) is 103 cm³/mol. The van der Waals surface area contributed by atoms with Crippen LogP contribution in [0.15, 0.2) is 30.3 Å². The largest absolute Gasteiger partial charge is 0.331 e. The third-order valence-corrected chi connectivity index (χ3v) is 7.94. The molecule has 0 spiro atoms. The average molecular weight is 374 g/mol. The molecule has 140 valence electrons. The minimum Gasteiger partial charge on any atom is -0.331 e. The first-order valence-electron chi connectivity index (χ1n) is 10.4. The minimum atomic E-state index is -0.122. The molecule has 5 fully saturated rings. The first kappa shape index (κ1) is 17.1. The highest BCUT2D eigenvalue weighted by molar-refractivity contribution is 6.24. The van der Waals surface area contributed by atoms with Crippen LogP contribution in [0.1, 0.15) is 44.1 Å². The van der Waals surface area contributed by atoms with E-state index >= 15 is 0 Å². The van der Waals surface area contributed by atoms with Crippen LogP contribution >= 0.6 is 11.6 Å². The summed E-state index contributed by atoms with van der Waals surface area (Å²) >= 11 is 6.94. The van der Waals surface area contributed by atoms with Crippen LogP contribution in [-0.2, 0) is 11.3 Å². The Morgan fingerprint density at radius 1 is 1.08 bits per heavy atom. The first-order chi connectivity index (χ1) is 12.5. The van der Waals surface area contributed by atoms with Crippen LogP contribution in [-0.4, -0.2) is 41.9 Å². The number of carbonyl (C=O) groups excluding carboxylic acids is 1. The summed E-state index contributed by atoms with van der Waals surface area (Å²) < 4.78 is 0. The summed E-state index contributed by atoms with van der Waals surface area (Å²) in [4.78, 5) is 17.2. The van der Waals surface area contributed by atoms with Crippen LogP contribution in [0.5, 0.6) is 0 Å². The van der Waals surface area contributed by atoms with Crippen molar-refractivity contribution < 1.29 is 9.69 Å². The lowest BCUT2D eigenvalue weighted by Gasteiger charge is -2.60. The van der Waals surface area contributed by atoms with Crippen molar-refractivity contribution in [3.63, 3.8) is 0 Å². The standard InChI is InChI=1S/C22H29ClN2O/c23-22-13-18-10-19(14-22)12-21(11-18,16-22)20(26)25-8-6-24(7-9-25)15-17-4-2-1-3-5-17/h1-5,18-19H,6-16H2/p+1/t18-,19+,21?,22?. The van der Waals surface area contributed by atoms with Crippen LogP contribution in [0.25, 0.3) is 0 Å². The van der Waals surface area contributed by atoms with Crippen LogP contribution in [0.4, 0.5) is 0 Å². The summed E-state index contributed by atoms with van der Waals surface area (Å²) in [5.74, 6) is 1.83. The molecule has 1 heterocycles. The number of rotatable bonds is 3. The van der Waals surface area contributed by atoms with Crippen molar-refractivity contribution in [1.82, 2.24) is 4.90 Å². The number of benzene rings is 1. The summed E-state index contributed by atoms with van der Waals surface area (Å²) in [5.41, 5.74) is 1.27. The van der Waals surface area contributed by atoms with E-state index in [0.29, 0.717) is 17.7 Å². The van der Waals surface area contributed by atoms with Crippen molar-refractivity contribution in [2.45, 2.75) is 49.9 Å². The lowest BCUT2D eigenvalue weighted by atomic mass is 9.49. The van der Waals surface area contributed by atoms with E-state index < -0.39 is 0 Å². The Labute approximate surface area is 161 Å². The fraction of sp³-hybridized carbons (Fsp3) is 0.682. The summed E-state index contributed by atoms with van der Waals surface area (Å²) in [6.45, 7) is 5.02. The van der Waals surface area contributed by atoms with Crippen molar-refractivity contribution in [2.24, 2.45) is 17.3 Å². The SMILES string of the molecule is O=C(N1CC[NH+](Cc2ccccc2)CC1)C12C[C@@H]3C[C@@H](CC(Cl)(C3)C1)C2. The molecule has 4 bridgehead atoms. The zero-order valence-corrected chi connectivity index (χ0v) is 16.3. The highest BCUT2D eigenvalue weighted by Crippen LogP contribution is 2.64. The highest BCUT2D eigenvalue weighted by Gasteiger charge is 2.60. The fourth-order valence-electron chi connectivity index (χ4n) is 6.82.